The van der Waals surface area contributed by atoms with E-state index in [1.54, 1.807) is 36.4 Å². The molecule has 0 saturated carbocycles. The maximum Gasteiger partial charge on any atom is 0.414 e. The summed E-state index contributed by atoms with van der Waals surface area (Å²) in [6.07, 6.45) is 1.14. The maximum atomic E-state index is 14.6. The first kappa shape index (κ1) is 21.8. The Bertz CT molecular complexity index is 992. The van der Waals surface area contributed by atoms with Gasteiger partial charge in [0.15, 0.2) is 5.78 Å². The third kappa shape index (κ3) is 5.07. The second-order valence-corrected chi connectivity index (χ2v) is 8.04. The molecule has 32 heavy (non-hydrogen) atoms. The molecule has 0 radical (unpaired) electrons. The molecule has 2 saturated heterocycles. The minimum Gasteiger partial charge on any atom is -0.442 e. The minimum absolute atomic E-state index is 0.0568. The van der Waals surface area contributed by atoms with Crippen molar-refractivity contribution in [3.05, 3.63) is 59.9 Å². The maximum absolute atomic E-state index is 14.6. The normalized spacial score (nSPS) is 18.0. The molecular formula is C24H26FN3O4. The van der Waals surface area contributed by atoms with Gasteiger partial charge in [0.05, 0.1) is 24.5 Å². The fourth-order valence-electron chi connectivity index (χ4n) is 4.03. The number of ether oxygens (including phenoxy) is 1. The lowest BCUT2D eigenvalue weighted by molar-refractivity contribution is -0.121. The van der Waals surface area contributed by atoms with Crippen LogP contribution in [0.25, 0.3) is 0 Å². The molecule has 1 unspecified atom stereocenters. The zero-order chi connectivity index (χ0) is 22.5. The molecule has 4 rings (SSSR count). The van der Waals surface area contributed by atoms with Crippen LogP contribution in [0.3, 0.4) is 0 Å². The van der Waals surface area contributed by atoms with E-state index in [0.29, 0.717) is 16.9 Å². The molecule has 1 N–H and O–H groups in total. The van der Waals surface area contributed by atoms with Gasteiger partial charge in [0.25, 0.3) is 0 Å². The lowest BCUT2D eigenvalue weighted by Crippen LogP contribution is -2.34. The summed E-state index contributed by atoms with van der Waals surface area (Å²) in [5.74, 6) is -0.750. The number of Topliss-reactive ketones (excluding diaryl/α,β-unsaturated/α-hetero) is 1. The lowest BCUT2D eigenvalue weighted by atomic mass is 10.1. The smallest absolute Gasteiger partial charge is 0.414 e. The molecule has 2 aromatic carbocycles. The zero-order valence-electron chi connectivity index (χ0n) is 17.8. The van der Waals surface area contributed by atoms with Crippen LogP contribution in [0.2, 0.25) is 0 Å². The van der Waals surface area contributed by atoms with Crippen LogP contribution in [0.1, 0.15) is 36.0 Å². The second kappa shape index (κ2) is 9.80. The number of nitrogens with one attached hydrogen (secondary N) is 1. The van der Waals surface area contributed by atoms with Gasteiger partial charge in [0, 0.05) is 31.5 Å². The van der Waals surface area contributed by atoms with Crippen molar-refractivity contribution < 1.29 is 23.5 Å². The number of nitrogens with zero attached hydrogens (tertiary/aromatic N) is 2. The monoisotopic (exact) mass is 439 g/mol. The number of hydrogen-bond acceptors (Lipinski definition) is 5. The highest BCUT2D eigenvalue weighted by Crippen LogP contribution is 2.29. The van der Waals surface area contributed by atoms with Gasteiger partial charge in [-0.05, 0) is 31.0 Å². The highest BCUT2D eigenvalue weighted by atomic mass is 19.1. The second-order valence-electron chi connectivity index (χ2n) is 8.04. The van der Waals surface area contributed by atoms with Crippen LogP contribution in [0.15, 0.2) is 48.5 Å². The Kier molecular flexibility index (Phi) is 6.68. The highest BCUT2D eigenvalue weighted by molar-refractivity contribution is 5.98. The fraction of sp³-hybridized carbons (Fsp3) is 0.375. The van der Waals surface area contributed by atoms with Crippen molar-refractivity contribution in [3.8, 4) is 0 Å². The summed E-state index contributed by atoms with van der Waals surface area (Å²) in [5.41, 5.74) is 1.55. The molecule has 2 aromatic rings. The van der Waals surface area contributed by atoms with Gasteiger partial charge in [0.2, 0.25) is 5.91 Å². The van der Waals surface area contributed by atoms with E-state index in [9.17, 15) is 18.8 Å². The van der Waals surface area contributed by atoms with Gasteiger partial charge in [-0.15, -0.1) is 0 Å². The SMILES string of the molecule is O=C(CCC(=O)c1ccccc1)NCC1CN(c2ccc(N3CCCC3)c(F)c2)C(=O)O1. The average molecular weight is 439 g/mol. The van der Waals surface area contributed by atoms with Crippen molar-refractivity contribution in [2.75, 3.05) is 36.0 Å². The van der Waals surface area contributed by atoms with Crippen molar-refractivity contribution in [2.24, 2.45) is 0 Å². The van der Waals surface area contributed by atoms with Gasteiger partial charge in [0.1, 0.15) is 11.9 Å². The van der Waals surface area contributed by atoms with Crippen LogP contribution in [-0.4, -0.2) is 50.1 Å². The molecule has 2 fully saturated rings. The Morgan fingerprint density at radius 2 is 1.81 bits per heavy atom. The van der Waals surface area contributed by atoms with Crippen LogP contribution < -0.4 is 15.1 Å². The quantitative estimate of drug-likeness (QED) is 0.637. The Labute approximate surface area is 186 Å². The van der Waals surface area contributed by atoms with E-state index in [1.807, 2.05) is 11.0 Å². The topological polar surface area (TPSA) is 79.0 Å². The van der Waals surface area contributed by atoms with E-state index in [4.69, 9.17) is 4.74 Å². The van der Waals surface area contributed by atoms with Gasteiger partial charge in [-0.1, -0.05) is 30.3 Å². The molecule has 0 aromatic heterocycles. The Hall–Kier alpha value is -3.42. The van der Waals surface area contributed by atoms with E-state index in [2.05, 4.69) is 5.32 Å². The molecule has 2 aliphatic rings. The molecule has 2 heterocycles. The van der Waals surface area contributed by atoms with Crippen LogP contribution in [0, 0.1) is 5.82 Å². The van der Waals surface area contributed by atoms with Crippen LogP contribution in [0.5, 0.6) is 0 Å². The molecule has 8 heteroatoms. The van der Waals surface area contributed by atoms with Crippen LogP contribution in [-0.2, 0) is 9.53 Å². The van der Waals surface area contributed by atoms with Crippen molar-refractivity contribution in [2.45, 2.75) is 31.8 Å². The lowest BCUT2D eigenvalue weighted by Gasteiger charge is -2.20. The summed E-state index contributed by atoms with van der Waals surface area (Å²) in [6, 6.07) is 13.6. The number of hydrogen-bond donors (Lipinski definition) is 1. The minimum atomic E-state index is -0.572. The van der Waals surface area contributed by atoms with Crippen molar-refractivity contribution >= 4 is 29.2 Å². The molecule has 7 nitrogen and oxygen atoms in total. The Balaban J connectivity index is 1.26. The van der Waals surface area contributed by atoms with Crippen molar-refractivity contribution in [3.63, 3.8) is 0 Å². The largest absolute Gasteiger partial charge is 0.442 e. The van der Waals surface area contributed by atoms with Gasteiger partial charge in [-0.2, -0.15) is 0 Å². The third-order valence-electron chi connectivity index (χ3n) is 5.77. The highest BCUT2D eigenvalue weighted by Gasteiger charge is 2.33. The van der Waals surface area contributed by atoms with E-state index in [1.165, 1.54) is 11.0 Å². The third-order valence-corrected chi connectivity index (χ3v) is 5.77. The number of rotatable bonds is 8. The number of ketones is 1. The average Bonchev–Trinajstić information content (AvgIpc) is 3.46. The van der Waals surface area contributed by atoms with Crippen LogP contribution >= 0.6 is 0 Å². The fourth-order valence-corrected chi connectivity index (χ4v) is 4.03. The Morgan fingerprint density at radius 1 is 1.06 bits per heavy atom. The van der Waals surface area contributed by atoms with Gasteiger partial charge >= 0.3 is 6.09 Å². The molecule has 0 bridgehead atoms. The summed E-state index contributed by atoms with van der Waals surface area (Å²) in [7, 11) is 0. The van der Waals surface area contributed by atoms with E-state index in [0.717, 1.165) is 25.9 Å². The molecular weight excluding hydrogens is 413 g/mol. The van der Waals surface area contributed by atoms with E-state index in [-0.39, 0.29) is 43.4 Å². The molecule has 0 aliphatic carbocycles. The molecule has 2 aliphatic heterocycles. The first-order chi connectivity index (χ1) is 15.5. The predicted molar refractivity (Wildman–Crippen MR) is 118 cm³/mol. The Morgan fingerprint density at radius 3 is 2.53 bits per heavy atom. The number of carbonyl (C=O) groups is 3. The number of carbonyl (C=O) groups excluding carboxylic acids is 3. The molecule has 0 spiro atoms. The number of cyclic esters (lactones) is 1. The summed E-state index contributed by atoms with van der Waals surface area (Å²) >= 11 is 0. The van der Waals surface area contributed by atoms with Crippen LogP contribution in [0.4, 0.5) is 20.6 Å². The molecule has 1 atom stereocenters. The summed E-state index contributed by atoms with van der Waals surface area (Å²) < 4.78 is 19.9. The van der Waals surface area contributed by atoms with Crippen molar-refractivity contribution in [1.29, 1.82) is 0 Å². The van der Waals surface area contributed by atoms with E-state index < -0.39 is 12.2 Å². The number of amides is 2. The first-order valence-electron chi connectivity index (χ1n) is 10.9. The summed E-state index contributed by atoms with van der Waals surface area (Å²) in [6.45, 7) is 2.01. The zero-order valence-corrected chi connectivity index (χ0v) is 17.8. The first-order valence-corrected chi connectivity index (χ1v) is 10.9. The number of benzene rings is 2. The van der Waals surface area contributed by atoms with Gasteiger partial charge in [-0.3, -0.25) is 14.5 Å². The number of halogens is 1. The summed E-state index contributed by atoms with van der Waals surface area (Å²) in [5, 5.41) is 2.71. The number of anilines is 2. The summed E-state index contributed by atoms with van der Waals surface area (Å²) in [4.78, 5) is 39.8. The van der Waals surface area contributed by atoms with Gasteiger partial charge in [-0.25, -0.2) is 9.18 Å². The van der Waals surface area contributed by atoms with Crippen molar-refractivity contribution in [1.82, 2.24) is 5.32 Å². The predicted octanol–water partition coefficient (Wildman–Crippen LogP) is 3.53. The standard InChI is InChI=1S/C24H26FN3O4/c25-20-14-18(8-9-21(20)27-12-4-5-13-27)28-16-19(32-24(28)31)15-26-23(30)11-10-22(29)17-6-2-1-3-7-17/h1-3,6-9,14,19H,4-5,10-13,15-16H2,(H,26,30). The van der Waals surface area contributed by atoms with Gasteiger partial charge < -0.3 is 15.0 Å². The van der Waals surface area contributed by atoms with E-state index >= 15 is 0 Å². The molecule has 2 amide bonds. The molecule has 168 valence electrons.